The number of carbonyl (C=O) groups excluding carboxylic acids is 1. The Bertz CT molecular complexity index is 744. The molecule has 1 fully saturated rings. The minimum absolute atomic E-state index is 0.224. The van der Waals surface area contributed by atoms with Gasteiger partial charge in [0.15, 0.2) is 0 Å². The first-order valence-corrected chi connectivity index (χ1v) is 9.81. The molecule has 0 spiro atoms. The van der Waals surface area contributed by atoms with Crippen LogP contribution in [0.25, 0.3) is 0 Å². The predicted molar refractivity (Wildman–Crippen MR) is 108 cm³/mol. The van der Waals surface area contributed by atoms with Crippen LogP contribution in [0.1, 0.15) is 30.4 Å². The summed E-state index contributed by atoms with van der Waals surface area (Å²) in [4.78, 5) is 14.4. The molecule has 1 heterocycles. The molecule has 3 rings (SSSR count). The van der Waals surface area contributed by atoms with Crippen LogP contribution in [-0.4, -0.2) is 24.1 Å². The normalized spacial score (nSPS) is 19.9. The van der Waals surface area contributed by atoms with E-state index in [2.05, 4.69) is 34.6 Å². The molecule has 0 aromatic heterocycles. The number of hydrogen-bond donors (Lipinski definition) is 0. The number of hydrogen-bond acceptors (Lipinski definition) is 2. The molecule has 4 heteroatoms. The fraction of sp³-hybridized carbons (Fsp3) is 0.318. The standard InChI is InChI=1S/C22H24BrNO2/c1-2-14-22(19-8-4-3-5-9-19)15-17-24(21(25)26-22)16-6-7-18-10-12-20(23)13-11-18/h2-5,8-13H,1,6-7,14-17H2/t22-/m1/s1. The van der Waals surface area contributed by atoms with Crippen molar-refractivity contribution in [1.29, 1.82) is 0 Å². The lowest BCUT2D eigenvalue weighted by molar-refractivity contribution is -0.0511. The average molecular weight is 414 g/mol. The molecule has 1 saturated heterocycles. The molecule has 1 aliphatic heterocycles. The monoisotopic (exact) mass is 413 g/mol. The second-order valence-electron chi connectivity index (χ2n) is 6.69. The molecule has 26 heavy (non-hydrogen) atoms. The fourth-order valence-corrected chi connectivity index (χ4v) is 3.72. The van der Waals surface area contributed by atoms with E-state index in [9.17, 15) is 4.79 Å². The van der Waals surface area contributed by atoms with Gasteiger partial charge in [-0.1, -0.05) is 64.5 Å². The zero-order valence-corrected chi connectivity index (χ0v) is 16.5. The van der Waals surface area contributed by atoms with Gasteiger partial charge in [-0.05, 0) is 36.1 Å². The van der Waals surface area contributed by atoms with Crippen molar-refractivity contribution in [3.05, 3.63) is 82.9 Å². The Balaban J connectivity index is 1.59. The van der Waals surface area contributed by atoms with Crippen molar-refractivity contribution in [2.45, 2.75) is 31.3 Å². The van der Waals surface area contributed by atoms with Crippen LogP contribution in [0.5, 0.6) is 0 Å². The Hall–Kier alpha value is -2.07. The molecular weight excluding hydrogens is 390 g/mol. The summed E-state index contributed by atoms with van der Waals surface area (Å²) in [5.74, 6) is 0. The smallest absolute Gasteiger partial charge is 0.410 e. The van der Waals surface area contributed by atoms with Crippen LogP contribution in [0, 0.1) is 0 Å². The molecule has 1 aliphatic rings. The van der Waals surface area contributed by atoms with Crippen molar-refractivity contribution in [2.24, 2.45) is 0 Å². The molecule has 0 bridgehead atoms. The quantitative estimate of drug-likeness (QED) is 0.545. The number of nitrogens with zero attached hydrogens (tertiary/aromatic N) is 1. The number of rotatable bonds is 7. The van der Waals surface area contributed by atoms with Crippen LogP contribution in [0.15, 0.2) is 71.7 Å². The van der Waals surface area contributed by atoms with Crippen LogP contribution in [0.4, 0.5) is 4.79 Å². The summed E-state index contributed by atoms with van der Waals surface area (Å²) in [6, 6.07) is 18.3. The van der Waals surface area contributed by atoms with Gasteiger partial charge in [0.1, 0.15) is 5.60 Å². The fourth-order valence-electron chi connectivity index (χ4n) is 3.46. The Morgan fingerprint density at radius 3 is 2.54 bits per heavy atom. The van der Waals surface area contributed by atoms with Gasteiger partial charge in [-0.3, -0.25) is 0 Å². The number of amides is 1. The first-order chi connectivity index (χ1) is 12.6. The molecule has 1 atom stereocenters. The van der Waals surface area contributed by atoms with Crippen LogP contribution in [0.2, 0.25) is 0 Å². The van der Waals surface area contributed by atoms with E-state index in [0.717, 1.165) is 29.3 Å². The molecule has 0 radical (unpaired) electrons. The molecule has 0 aliphatic carbocycles. The second-order valence-corrected chi connectivity index (χ2v) is 7.60. The second kappa shape index (κ2) is 8.54. The lowest BCUT2D eigenvalue weighted by Gasteiger charge is -2.41. The Labute approximate surface area is 163 Å². The zero-order chi connectivity index (χ0) is 18.4. The van der Waals surface area contributed by atoms with Crippen molar-refractivity contribution in [1.82, 2.24) is 4.90 Å². The maximum absolute atomic E-state index is 12.6. The van der Waals surface area contributed by atoms with E-state index < -0.39 is 5.60 Å². The lowest BCUT2D eigenvalue weighted by atomic mass is 9.86. The van der Waals surface area contributed by atoms with Gasteiger partial charge in [0, 0.05) is 30.4 Å². The molecule has 136 valence electrons. The summed E-state index contributed by atoms with van der Waals surface area (Å²) in [6.07, 6.45) is 4.91. The van der Waals surface area contributed by atoms with Gasteiger partial charge < -0.3 is 9.64 Å². The minimum atomic E-state index is -0.581. The van der Waals surface area contributed by atoms with Gasteiger partial charge >= 0.3 is 6.09 Å². The van der Waals surface area contributed by atoms with Crippen molar-refractivity contribution in [3.8, 4) is 0 Å². The summed E-state index contributed by atoms with van der Waals surface area (Å²) in [6.45, 7) is 5.28. The first kappa shape index (κ1) is 18.7. The lowest BCUT2D eigenvalue weighted by Crippen LogP contribution is -2.48. The van der Waals surface area contributed by atoms with E-state index in [0.29, 0.717) is 19.5 Å². The Morgan fingerprint density at radius 2 is 1.88 bits per heavy atom. The highest BCUT2D eigenvalue weighted by molar-refractivity contribution is 9.10. The third-order valence-electron chi connectivity index (χ3n) is 4.91. The van der Waals surface area contributed by atoms with Crippen molar-refractivity contribution >= 4 is 22.0 Å². The highest BCUT2D eigenvalue weighted by Gasteiger charge is 2.40. The highest BCUT2D eigenvalue weighted by Crippen LogP contribution is 2.37. The first-order valence-electron chi connectivity index (χ1n) is 9.02. The highest BCUT2D eigenvalue weighted by atomic mass is 79.9. The SMILES string of the molecule is C=CC[C@]1(c2ccccc2)CCN(CCCc2ccc(Br)cc2)C(=O)O1. The molecule has 3 nitrogen and oxygen atoms in total. The van der Waals surface area contributed by atoms with Gasteiger partial charge in [0.25, 0.3) is 0 Å². The summed E-state index contributed by atoms with van der Waals surface area (Å²) in [5.41, 5.74) is 1.74. The summed E-state index contributed by atoms with van der Waals surface area (Å²) >= 11 is 3.45. The van der Waals surface area contributed by atoms with E-state index in [1.54, 1.807) is 0 Å². The van der Waals surface area contributed by atoms with Crippen molar-refractivity contribution in [3.63, 3.8) is 0 Å². The predicted octanol–water partition coefficient (Wildman–Crippen LogP) is 5.70. The van der Waals surface area contributed by atoms with E-state index in [1.807, 2.05) is 53.4 Å². The Kier molecular flexibility index (Phi) is 6.15. The van der Waals surface area contributed by atoms with Crippen molar-refractivity contribution < 1.29 is 9.53 Å². The van der Waals surface area contributed by atoms with Crippen molar-refractivity contribution in [2.75, 3.05) is 13.1 Å². The number of benzene rings is 2. The largest absolute Gasteiger partial charge is 0.437 e. The molecular formula is C22H24BrNO2. The number of cyclic esters (lactones) is 1. The maximum atomic E-state index is 12.6. The van der Waals surface area contributed by atoms with Crippen LogP contribution in [-0.2, 0) is 16.8 Å². The molecule has 0 unspecified atom stereocenters. The van der Waals surface area contributed by atoms with Gasteiger partial charge in [-0.2, -0.15) is 0 Å². The Morgan fingerprint density at radius 1 is 1.15 bits per heavy atom. The molecule has 2 aromatic carbocycles. The van der Waals surface area contributed by atoms with Crippen LogP contribution in [0.3, 0.4) is 0 Å². The van der Waals surface area contributed by atoms with E-state index in [1.165, 1.54) is 5.56 Å². The maximum Gasteiger partial charge on any atom is 0.410 e. The third kappa shape index (κ3) is 4.36. The van der Waals surface area contributed by atoms with Crippen LogP contribution < -0.4 is 0 Å². The summed E-state index contributed by atoms with van der Waals surface area (Å²) in [7, 11) is 0. The van der Waals surface area contributed by atoms with Gasteiger partial charge in [0.05, 0.1) is 0 Å². The molecule has 0 N–H and O–H groups in total. The number of aryl methyl sites for hydroxylation is 1. The van der Waals surface area contributed by atoms with Gasteiger partial charge in [-0.25, -0.2) is 4.79 Å². The van der Waals surface area contributed by atoms with Crippen LogP contribution >= 0.6 is 15.9 Å². The number of ether oxygens (including phenoxy) is 1. The van der Waals surface area contributed by atoms with Gasteiger partial charge in [-0.15, -0.1) is 6.58 Å². The topological polar surface area (TPSA) is 29.5 Å². The molecule has 0 saturated carbocycles. The zero-order valence-electron chi connectivity index (χ0n) is 14.9. The minimum Gasteiger partial charge on any atom is -0.437 e. The molecule has 1 amide bonds. The van der Waals surface area contributed by atoms with E-state index in [4.69, 9.17) is 4.74 Å². The van der Waals surface area contributed by atoms with Gasteiger partial charge in [0.2, 0.25) is 0 Å². The summed E-state index contributed by atoms with van der Waals surface area (Å²) in [5, 5.41) is 0. The number of halogens is 1. The average Bonchev–Trinajstić information content (AvgIpc) is 2.66. The molecule has 2 aromatic rings. The number of carbonyl (C=O) groups is 1. The van der Waals surface area contributed by atoms with E-state index >= 15 is 0 Å². The summed E-state index contributed by atoms with van der Waals surface area (Å²) < 4.78 is 7.02. The third-order valence-corrected chi connectivity index (χ3v) is 5.44. The van der Waals surface area contributed by atoms with E-state index in [-0.39, 0.29) is 6.09 Å².